The van der Waals surface area contributed by atoms with Crippen LogP contribution in [0.4, 0.5) is 0 Å². The Morgan fingerprint density at radius 3 is 2.86 bits per heavy atom. The van der Waals surface area contributed by atoms with Crippen molar-refractivity contribution in [2.24, 2.45) is 18.4 Å². The Balaban J connectivity index is 1.28. The average molecular weight is 302 g/mol. The summed E-state index contributed by atoms with van der Waals surface area (Å²) in [5, 5.41) is 7.67. The highest BCUT2D eigenvalue weighted by Gasteiger charge is 2.49. The minimum absolute atomic E-state index is 0.306. The number of amides is 1. The van der Waals surface area contributed by atoms with Gasteiger partial charge in [0.1, 0.15) is 0 Å². The van der Waals surface area contributed by atoms with E-state index in [2.05, 4.69) is 28.4 Å². The number of aromatic nitrogens is 2. The highest BCUT2D eigenvalue weighted by molar-refractivity contribution is 5.81. The lowest BCUT2D eigenvalue weighted by Gasteiger charge is -2.45. The first kappa shape index (κ1) is 14.2. The molecule has 5 heteroatoms. The van der Waals surface area contributed by atoms with Crippen molar-refractivity contribution in [2.45, 2.75) is 51.6 Å². The first-order valence-electron chi connectivity index (χ1n) is 8.55. The van der Waals surface area contributed by atoms with Gasteiger partial charge < -0.3 is 5.32 Å². The monoisotopic (exact) mass is 302 g/mol. The van der Waals surface area contributed by atoms with Crippen molar-refractivity contribution in [1.29, 1.82) is 0 Å². The van der Waals surface area contributed by atoms with Crippen molar-refractivity contribution in [3.05, 3.63) is 17.5 Å². The van der Waals surface area contributed by atoms with Crippen molar-refractivity contribution in [3.8, 4) is 0 Å². The number of carbonyl (C=O) groups excluding carboxylic acids is 1. The van der Waals surface area contributed by atoms with Crippen LogP contribution in [0.2, 0.25) is 0 Å². The van der Waals surface area contributed by atoms with Gasteiger partial charge in [0.2, 0.25) is 5.91 Å². The SMILES string of the molecule is Cc1nn(C)cc1CN1CCC2(CC(NC(=O)C3CC3)C2)C1. The molecular formula is C17H26N4O. The largest absolute Gasteiger partial charge is 0.353 e. The van der Waals surface area contributed by atoms with Crippen LogP contribution in [0.15, 0.2) is 6.20 Å². The lowest BCUT2D eigenvalue weighted by atomic mass is 9.65. The fraction of sp³-hybridized carbons (Fsp3) is 0.765. The molecule has 0 atom stereocenters. The fourth-order valence-corrected chi connectivity index (χ4v) is 4.29. The molecule has 1 saturated heterocycles. The Kier molecular flexibility index (Phi) is 3.29. The molecule has 1 aromatic rings. The number of nitrogens with one attached hydrogen (secondary N) is 1. The Morgan fingerprint density at radius 2 is 2.23 bits per heavy atom. The van der Waals surface area contributed by atoms with Gasteiger partial charge in [-0.3, -0.25) is 14.4 Å². The van der Waals surface area contributed by atoms with Gasteiger partial charge in [-0.25, -0.2) is 0 Å². The summed E-state index contributed by atoms with van der Waals surface area (Å²) in [6.45, 7) is 5.46. The van der Waals surface area contributed by atoms with Gasteiger partial charge in [0.25, 0.3) is 0 Å². The van der Waals surface area contributed by atoms with Crippen LogP contribution in [0.5, 0.6) is 0 Å². The standard InChI is InChI=1S/C17H26N4O/c1-12-14(9-20(2)19-12)10-21-6-5-17(11-21)7-15(8-17)18-16(22)13-3-4-13/h9,13,15H,3-8,10-11H2,1-2H3,(H,18,22). The Bertz CT molecular complexity index is 583. The Morgan fingerprint density at radius 1 is 1.45 bits per heavy atom. The second-order valence-corrected chi connectivity index (χ2v) is 7.76. The Labute approximate surface area is 132 Å². The Hall–Kier alpha value is -1.36. The minimum Gasteiger partial charge on any atom is -0.353 e. The van der Waals surface area contributed by atoms with Crippen LogP contribution in [0.25, 0.3) is 0 Å². The third kappa shape index (κ3) is 2.67. The van der Waals surface area contributed by atoms with Gasteiger partial charge in [0.05, 0.1) is 5.69 Å². The van der Waals surface area contributed by atoms with Crippen LogP contribution < -0.4 is 5.32 Å². The maximum absolute atomic E-state index is 11.8. The van der Waals surface area contributed by atoms with Gasteiger partial charge in [-0.15, -0.1) is 0 Å². The number of hydrogen-bond acceptors (Lipinski definition) is 3. The summed E-state index contributed by atoms with van der Waals surface area (Å²) >= 11 is 0. The number of likely N-dealkylation sites (tertiary alicyclic amines) is 1. The molecule has 1 N–H and O–H groups in total. The highest BCUT2D eigenvalue weighted by atomic mass is 16.2. The summed E-state index contributed by atoms with van der Waals surface area (Å²) in [4.78, 5) is 14.4. The predicted molar refractivity (Wildman–Crippen MR) is 84.2 cm³/mol. The molecule has 0 bridgehead atoms. The third-order valence-corrected chi connectivity index (χ3v) is 5.68. The van der Waals surface area contributed by atoms with Crippen LogP contribution in [0.1, 0.15) is 43.4 Å². The molecule has 22 heavy (non-hydrogen) atoms. The van der Waals surface area contributed by atoms with Crippen molar-refractivity contribution in [2.75, 3.05) is 13.1 Å². The minimum atomic E-state index is 0.306. The topological polar surface area (TPSA) is 50.2 Å². The summed E-state index contributed by atoms with van der Waals surface area (Å²) < 4.78 is 1.91. The lowest BCUT2D eigenvalue weighted by molar-refractivity contribution is -0.124. The van der Waals surface area contributed by atoms with Gasteiger partial charge in [0.15, 0.2) is 0 Å². The van der Waals surface area contributed by atoms with E-state index >= 15 is 0 Å². The molecule has 2 heterocycles. The maximum Gasteiger partial charge on any atom is 0.223 e. The summed E-state index contributed by atoms with van der Waals surface area (Å²) in [5.74, 6) is 0.644. The molecular weight excluding hydrogens is 276 g/mol. The van der Waals surface area contributed by atoms with Gasteiger partial charge in [-0.2, -0.15) is 5.10 Å². The van der Waals surface area contributed by atoms with Gasteiger partial charge in [-0.1, -0.05) is 0 Å². The van der Waals surface area contributed by atoms with Crippen molar-refractivity contribution < 1.29 is 4.79 Å². The zero-order valence-corrected chi connectivity index (χ0v) is 13.6. The van der Waals surface area contributed by atoms with Crippen molar-refractivity contribution in [3.63, 3.8) is 0 Å². The first-order valence-corrected chi connectivity index (χ1v) is 8.55. The molecule has 0 unspecified atom stereocenters. The summed E-state index contributed by atoms with van der Waals surface area (Å²) in [5.41, 5.74) is 2.96. The van der Waals surface area contributed by atoms with E-state index < -0.39 is 0 Å². The number of rotatable bonds is 4. The van der Waals surface area contributed by atoms with E-state index in [4.69, 9.17) is 0 Å². The van der Waals surface area contributed by atoms with Crippen molar-refractivity contribution in [1.82, 2.24) is 20.0 Å². The summed E-state index contributed by atoms with van der Waals surface area (Å²) in [6, 6.07) is 0.438. The molecule has 120 valence electrons. The molecule has 3 fully saturated rings. The zero-order chi connectivity index (χ0) is 15.3. The van der Waals surface area contributed by atoms with E-state index in [0.717, 1.165) is 25.1 Å². The molecule has 1 aliphatic heterocycles. The lowest BCUT2D eigenvalue weighted by Crippen LogP contribution is -2.52. The third-order valence-electron chi connectivity index (χ3n) is 5.68. The van der Waals surface area contributed by atoms with Crippen LogP contribution in [-0.4, -0.2) is 39.7 Å². The molecule has 3 aliphatic rings. The average Bonchev–Trinajstić information content (AvgIpc) is 3.12. The van der Waals surface area contributed by atoms with Gasteiger partial charge in [0, 0.05) is 43.9 Å². The molecule has 1 amide bonds. The summed E-state index contributed by atoms with van der Waals surface area (Å²) in [7, 11) is 1.99. The summed E-state index contributed by atoms with van der Waals surface area (Å²) in [6.07, 6.45) is 7.97. The molecule has 1 aromatic heterocycles. The highest BCUT2D eigenvalue weighted by Crippen LogP contribution is 2.48. The number of aryl methyl sites for hydroxylation is 2. The van der Waals surface area contributed by atoms with Gasteiger partial charge in [-0.05, 0) is 51.0 Å². The van der Waals surface area contributed by atoms with E-state index in [1.165, 1.54) is 37.9 Å². The molecule has 2 saturated carbocycles. The van der Waals surface area contributed by atoms with E-state index in [1.807, 2.05) is 11.7 Å². The number of carbonyl (C=O) groups is 1. The molecule has 1 spiro atoms. The predicted octanol–water partition coefficient (Wildman–Crippen LogP) is 1.61. The van der Waals surface area contributed by atoms with Crippen molar-refractivity contribution >= 4 is 5.91 Å². The van der Waals surface area contributed by atoms with E-state index in [1.54, 1.807) is 0 Å². The molecule has 5 nitrogen and oxygen atoms in total. The van der Waals surface area contributed by atoms with Gasteiger partial charge >= 0.3 is 0 Å². The van der Waals surface area contributed by atoms with Crippen LogP contribution in [0.3, 0.4) is 0 Å². The van der Waals surface area contributed by atoms with Crippen LogP contribution in [0, 0.1) is 18.3 Å². The van der Waals surface area contributed by atoms with E-state index in [-0.39, 0.29) is 0 Å². The van der Waals surface area contributed by atoms with E-state index in [9.17, 15) is 4.79 Å². The fourth-order valence-electron chi connectivity index (χ4n) is 4.29. The van der Waals surface area contributed by atoms with Crippen LogP contribution >= 0.6 is 0 Å². The second-order valence-electron chi connectivity index (χ2n) is 7.76. The normalized spacial score (nSPS) is 31.5. The smallest absolute Gasteiger partial charge is 0.223 e. The molecule has 4 rings (SSSR count). The molecule has 0 aromatic carbocycles. The zero-order valence-electron chi connectivity index (χ0n) is 13.6. The second kappa shape index (κ2) is 5.08. The maximum atomic E-state index is 11.8. The van der Waals surface area contributed by atoms with Crippen LogP contribution in [-0.2, 0) is 18.4 Å². The van der Waals surface area contributed by atoms with E-state index in [0.29, 0.717) is 23.3 Å². The quantitative estimate of drug-likeness (QED) is 0.919. The molecule has 2 aliphatic carbocycles. The molecule has 0 radical (unpaired) electrons. The number of hydrogen-bond donors (Lipinski definition) is 1. The number of nitrogens with zero attached hydrogens (tertiary/aromatic N) is 3. The first-order chi connectivity index (χ1) is 10.5.